The van der Waals surface area contributed by atoms with E-state index in [1.807, 2.05) is 29.2 Å². The number of nitrogens with zero attached hydrogens (tertiary/aromatic N) is 4. The Hall–Kier alpha value is -2.14. The second kappa shape index (κ2) is 7.23. The molecule has 4 rings (SSSR count). The third-order valence-corrected chi connectivity index (χ3v) is 5.79. The van der Waals surface area contributed by atoms with Gasteiger partial charge < -0.3 is 9.80 Å². The van der Waals surface area contributed by atoms with Gasteiger partial charge in [0.1, 0.15) is 5.82 Å². The first-order chi connectivity index (χ1) is 12.6. The normalized spacial score (nSPS) is 23.5. The number of likely N-dealkylation sites (tertiary alicyclic amines) is 1. The fourth-order valence-corrected chi connectivity index (χ4v) is 4.36. The molecule has 0 bridgehead atoms. The summed E-state index contributed by atoms with van der Waals surface area (Å²) in [5.41, 5.74) is 1.29. The summed E-state index contributed by atoms with van der Waals surface area (Å²) >= 11 is 5.98. The average molecular weight is 371 g/mol. The number of pyridine rings is 2. The Balaban J connectivity index is 1.49. The van der Waals surface area contributed by atoms with Gasteiger partial charge in [0.05, 0.1) is 5.02 Å². The predicted octanol–water partition coefficient (Wildman–Crippen LogP) is 3.54. The summed E-state index contributed by atoms with van der Waals surface area (Å²) < 4.78 is 0. The molecule has 4 heterocycles. The molecule has 6 heteroatoms. The molecular weight excluding hydrogens is 348 g/mol. The van der Waals surface area contributed by atoms with E-state index >= 15 is 0 Å². The maximum Gasteiger partial charge on any atom is 0.222 e. The Morgan fingerprint density at radius 1 is 1.12 bits per heavy atom. The molecule has 136 valence electrons. The van der Waals surface area contributed by atoms with Crippen molar-refractivity contribution in [2.45, 2.75) is 32.2 Å². The number of rotatable bonds is 3. The number of carbonyl (C=O) groups excluding carboxylic acids is 1. The Bertz CT molecular complexity index is 767. The maximum absolute atomic E-state index is 12.5. The van der Waals surface area contributed by atoms with E-state index in [-0.39, 0.29) is 11.3 Å². The monoisotopic (exact) mass is 370 g/mol. The van der Waals surface area contributed by atoms with Crippen molar-refractivity contribution in [3.8, 4) is 0 Å². The summed E-state index contributed by atoms with van der Waals surface area (Å²) in [5, 5.41) is 0.660. The Kier molecular flexibility index (Phi) is 4.81. The highest BCUT2D eigenvalue weighted by atomic mass is 35.5. The van der Waals surface area contributed by atoms with E-state index in [4.69, 9.17) is 11.6 Å². The molecule has 0 saturated carbocycles. The standard InChI is InChI=1S/C20H23ClN4O/c21-17-2-3-18(23-12-17)24-11-1-7-20(14-24)8-4-19(26)25(15-20)13-16-5-9-22-10-6-16/h2-3,5-6,9-10,12H,1,4,7-8,11,13-15H2/t20-/m1/s1. The first-order valence-corrected chi connectivity index (χ1v) is 9.55. The van der Waals surface area contributed by atoms with Crippen molar-refractivity contribution in [1.82, 2.24) is 14.9 Å². The lowest BCUT2D eigenvalue weighted by Gasteiger charge is -2.48. The molecule has 2 fully saturated rings. The molecule has 5 nitrogen and oxygen atoms in total. The summed E-state index contributed by atoms with van der Waals surface area (Å²) in [6.07, 6.45) is 9.16. The van der Waals surface area contributed by atoms with Crippen molar-refractivity contribution in [2.24, 2.45) is 5.41 Å². The highest BCUT2D eigenvalue weighted by molar-refractivity contribution is 6.30. The van der Waals surface area contributed by atoms with E-state index in [0.29, 0.717) is 18.0 Å². The van der Waals surface area contributed by atoms with Gasteiger partial charge in [0.15, 0.2) is 0 Å². The number of carbonyl (C=O) groups is 1. The number of hydrogen-bond donors (Lipinski definition) is 0. The van der Waals surface area contributed by atoms with Crippen molar-refractivity contribution < 1.29 is 4.79 Å². The molecule has 26 heavy (non-hydrogen) atoms. The number of hydrogen-bond acceptors (Lipinski definition) is 4. The van der Waals surface area contributed by atoms with Crippen LogP contribution in [0.3, 0.4) is 0 Å². The molecule has 0 unspecified atom stereocenters. The Morgan fingerprint density at radius 3 is 2.73 bits per heavy atom. The fourth-order valence-electron chi connectivity index (χ4n) is 4.25. The minimum atomic E-state index is 0.153. The number of anilines is 1. The van der Waals surface area contributed by atoms with E-state index in [2.05, 4.69) is 14.9 Å². The van der Waals surface area contributed by atoms with Crippen LogP contribution in [0.2, 0.25) is 5.02 Å². The topological polar surface area (TPSA) is 49.3 Å². The zero-order chi connectivity index (χ0) is 18.0. The molecule has 2 aliphatic heterocycles. The van der Waals surface area contributed by atoms with Crippen molar-refractivity contribution in [3.05, 3.63) is 53.4 Å². The van der Waals surface area contributed by atoms with Crippen LogP contribution in [0, 0.1) is 5.41 Å². The minimum absolute atomic E-state index is 0.153. The van der Waals surface area contributed by atoms with Crippen molar-refractivity contribution in [3.63, 3.8) is 0 Å². The highest BCUT2D eigenvalue weighted by Crippen LogP contribution is 2.40. The van der Waals surface area contributed by atoms with Gasteiger partial charge in [0.2, 0.25) is 5.91 Å². The molecule has 0 aliphatic carbocycles. The molecule has 1 spiro atoms. The molecule has 1 amide bonds. The van der Waals surface area contributed by atoms with Crippen LogP contribution >= 0.6 is 11.6 Å². The molecule has 2 saturated heterocycles. The van der Waals surface area contributed by atoms with Crippen LogP contribution in [0.1, 0.15) is 31.2 Å². The number of piperidine rings is 2. The zero-order valence-corrected chi connectivity index (χ0v) is 15.5. The van der Waals surface area contributed by atoms with Crippen LogP contribution in [0.4, 0.5) is 5.82 Å². The number of amides is 1. The van der Waals surface area contributed by atoms with E-state index in [1.54, 1.807) is 18.6 Å². The third-order valence-electron chi connectivity index (χ3n) is 5.57. The SMILES string of the molecule is O=C1CC[C@@]2(CCCN(c3ccc(Cl)cn3)C2)CN1Cc1ccncc1. The molecule has 2 aromatic heterocycles. The van der Waals surface area contributed by atoms with Gasteiger partial charge in [-0.15, -0.1) is 0 Å². The lowest BCUT2D eigenvalue weighted by molar-refractivity contribution is -0.138. The van der Waals surface area contributed by atoms with Crippen LogP contribution in [-0.2, 0) is 11.3 Å². The number of aromatic nitrogens is 2. The largest absolute Gasteiger partial charge is 0.356 e. The lowest BCUT2D eigenvalue weighted by atomic mass is 9.73. The van der Waals surface area contributed by atoms with Crippen LogP contribution in [0.15, 0.2) is 42.9 Å². The zero-order valence-electron chi connectivity index (χ0n) is 14.8. The van der Waals surface area contributed by atoms with Crippen molar-refractivity contribution in [1.29, 1.82) is 0 Å². The van der Waals surface area contributed by atoms with Gasteiger partial charge in [-0.2, -0.15) is 0 Å². The van der Waals surface area contributed by atoms with Crippen molar-refractivity contribution in [2.75, 3.05) is 24.5 Å². The fraction of sp³-hybridized carbons (Fsp3) is 0.450. The molecular formula is C20H23ClN4O. The van der Waals surface area contributed by atoms with Crippen LogP contribution in [0.5, 0.6) is 0 Å². The van der Waals surface area contributed by atoms with Gasteiger partial charge in [-0.3, -0.25) is 9.78 Å². The number of halogens is 1. The van der Waals surface area contributed by atoms with E-state index < -0.39 is 0 Å². The Labute approximate surface area is 159 Å². The van der Waals surface area contributed by atoms with Gasteiger partial charge in [-0.25, -0.2) is 4.98 Å². The van der Waals surface area contributed by atoms with Gasteiger partial charge in [-0.05, 0) is 49.1 Å². The second-order valence-electron chi connectivity index (χ2n) is 7.46. The summed E-state index contributed by atoms with van der Waals surface area (Å²) in [6, 6.07) is 7.86. The van der Waals surface area contributed by atoms with Gasteiger partial charge in [0.25, 0.3) is 0 Å². The summed E-state index contributed by atoms with van der Waals surface area (Å²) in [4.78, 5) is 25.4. The van der Waals surface area contributed by atoms with Gasteiger partial charge >= 0.3 is 0 Å². The second-order valence-corrected chi connectivity index (χ2v) is 7.90. The summed E-state index contributed by atoms with van der Waals surface area (Å²) in [5.74, 6) is 1.24. The first kappa shape index (κ1) is 17.3. The van der Waals surface area contributed by atoms with Crippen LogP contribution < -0.4 is 4.90 Å². The lowest BCUT2D eigenvalue weighted by Crippen LogP contribution is -2.54. The molecule has 2 aromatic rings. The summed E-state index contributed by atoms with van der Waals surface area (Å²) in [6.45, 7) is 3.44. The van der Waals surface area contributed by atoms with E-state index in [0.717, 1.165) is 50.3 Å². The Morgan fingerprint density at radius 2 is 1.96 bits per heavy atom. The molecule has 0 aromatic carbocycles. The average Bonchev–Trinajstić information content (AvgIpc) is 2.67. The summed E-state index contributed by atoms with van der Waals surface area (Å²) in [7, 11) is 0. The van der Waals surface area contributed by atoms with Gasteiger partial charge in [0, 0.05) is 56.6 Å². The quantitative estimate of drug-likeness (QED) is 0.829. The van der Waals surface area contributed by atoms with Crippen molar-refractivity contribution >= 4 is 23.3 Å². The first-order valence-electron chi connectivity index (χ1n) is 9.17. The predicted molar refractivity (Wildman–Crippen MR) is 102 cm³/mol. The molecule has 0 N–H and O–H groups in total. The van der Waals surface area contributed by atoms with Gasteiger partial charge in [-0.1, -0.05) is 11.6 Å². The highest BCUT2D eigenvalue weighted by Gasteiger charge is 2.41. The third kappa shape index (κ3) is 3.68. The maximum atomic E-state index is 12.5. The van der Waals surface area contributed by atoms with Crippen LogP contribution in [-0.4, -0.2) is 40.4 Å². The molecule has 1 atom stereocenters. The molecule has 0 radical (unpaired) electrons. The van der Waals surface area contributed by atoms with E-state index in [1.165, 1.54) is 0 Å². The van der Waals surface area contributed by atoms with Crippen LogP contribution in [0.25, 0.3) is 0 Å². The minimum Gasteiger partial charge on any atom is -0.356 e. The van der Waals surface area contributed by atoms with E-state index in [9.17, 15) is 4.79 Å². The molecule has 2 aliphatic rings. The smallest absolute Gasteiger partial charge is 0.222 e.